The SMILES string of the molecule is CSC(C)(C)CNC(=O)N[C@H]1CCN(C2CCCC2)C1. The maximum atomic E-state index is 11.9. The van der Waals surface area contributed by atoms with E-state index in [4.69, 9.17) is 0 Å². The van der Waals surface area contributed by atoms with Crippen LogP contribution in [0, 0.1) is 0 Å². The number of rotatable bonds is 5. The molecule has 1 saturated heterocycles. The number of likely N-dealkylation sites (tertiary alicyclic amines) is 1. The minimum Gasteiger partial charge on any atom is -0.337 e. The van der Waals surface area contributed by atoms with Crippen LogP contribution in [0.4, 0.5) is 4.79 Å². The number of hydrogen-bond donors (Lipinski definition) is 2. The Morgan fingerprint density at radius 3 is 2.65 bits per heavy atom. The fourth-order valence-electron chi connectivity index (χ4n) is 3.11. The van der Waals surface area contributed by atoms with Crippen LogP contribution in [0.3, 0.4) is 0 Å². The molecular formula is C15H29N3OS. The van der Waals surface area contributed by atoms with Crippen LogP contribution in [0.1, 0.15) is 46.0 Å². The van der Waals surface area contributed by atoms with Gasteiger partial charge in [-0.2, -0.15) is 11.8 Å². The largest absolute Gasteiger partial charge is 0.337 e. The normalized spacial score (nSPS) is 25.1. The number of thioether (sulfide) groups is 1. The minimum atomic E-state index is -0.00889. The van der Waals surface area contributed by atoms with Crippen LogP contribution in [0.15, 0.2) is 0 Å². The van der Waals surface area contributed by atoms with Crippen molar-refractivity contribution in [1.29, 1.82) is 0 Å². The number of nitrogens with zero attached hydrogens (tertiary/aromatic N) is 1. The van der Waals surface area contributed by atoms with Crippen LogP contribution in [0.25, 0.3) is 0 Å². The van der Waals surface area contributed by atoms with Crippen molar-refractivity contribution in [2.45, 2.75) is 62.8 Å². The van der Waals surface area contributed by atoms with E-state index in [1.54, 1.807) is 11.8 Å². The van der Waals surface area contributed by atoms with E-state index in [2.05, 4.69) is 35.6 Å². The molecule has 0 aromatic rings. The molecule has 4 nitrogen and oxygen atoms in total. The van der Waals surface area contributed by atoms with Crippen molar-refractivity contribution in [2.75, 3.05) is 25.9 Å². The third kappa shape index (κ3) is 4.55. The van der Waals surface area contributed by atoms with Gasteiger partial charge in [0.05, 0.1) is 0 Å². The van der Waals surface area contributed by atoms with Crippen molar-refractivity contribution in [1.82, 2.24) is 15.5 Å². The lowest BCUT2D eigenvalue weighted by Gasteiger charge is -2.24. The summed E-state index contributed by atoms with van der Waals surface area (Å²) in [6.07, 6.45) is 8.63. The molecule has 2 amide bonds. The molecule has 2 N–H and O–H groups in total. The molecule has 5 heteroatoms. The molecule has 0 aromatic carbocycles. The average molecular weight is 299 g/mol. The Kier molecular flexibility index (Phi) is 5.61. The van der Waals surface area contributed by atoms with Crippen LogP contribution in [-0.4, -0.2) is 53.7 Å². The molecule has 20 heavy (non-hydrogen) atoms. The van der Waals surface area contributed by atoms with E-state index in [0.717, 1.165) is 25.6 Å². The summed E-state index contributed by atoms with van der Waals surface area (Å²) in [6, 6.07) is 1.10. The van der Waals surface area contributed by atoms with Crippen LogP contribution in [-0.2, 0) is 0 Å². The second-order valence-corrected chi connectivity index (χ2v) is 8.22. The zero-order chi connectivity index (χ0) is 14.6. The molecular weight excluding hydrogens is 270 g/mol. The zero-order valence-corrected chi connectivity index (χ0v) is 13.9. The molecule has 1 aliphatic heterocycles. The first kappa shape index (κ1) is 16.0. The second kappa shape index (κ2) is 7.03. The van der Waals surface area contributed by atoms with Gasteiger partial charge < -0.3 is 10.6 Å². The van der Waals surface area contributed by atoms with E-state index in [1.807, 2.05) is 0 Å². The fourth-order valence-corrected chi connectivity index (χ4v) is 3.32. The predicted octanol–water partition coefficient (Wildman–Crippen LogP) is 2.44. The zero-order valence-electron chi connectivity index (χ0n) is 13.1. The summed E-state index contributed by atoms with van der Waals surface area (Å²) in [5.41, 5.74) is 0. The smallest absolute Gasteiger partial charge is 0.315 e. The number of hydrogen-bond acceptors (Lipinski definition) is 3. The Hall–Kier alpha value is -0.420. The molecule has 1 heterocycles. The predicted molar refractivity (Wildman–Crippen MR) is 86.4 cm³/mol. The van der Waals surface area contributed by atoms with Gasteiger partial charge in [0, 0.05) is 36.5 Å². The number of nitrogens with one attached hydrogen (secondary N) is 2. The summed E-state index contributed by atoms with van der Waals surface area (Å²) in [4.78, 5) is 14.5. The van der Waals surface area contributed by atoms with E-state index in [0.29, 0.717) is 12.6 Å². The molecule has 2 aliphatic rings. The van der Waals surface area contributed by atoms with Gasteiger partial charge in [0.15, 0.2) is 0 Å². The maximum Gasteiger partial charge on any atom is 0.315 e. The minimum absolute atomic E-state index is 0.00889. The average Bonchev–Trinajstić information content (AvgIpc) is 3.07. The van der Waals surface area contributed by atoms with Crippen LogP contribution in [0.2, 0.25) is 0 Å². The standard InChI is InChI=1S/C15H29N3OS/c1-15(2,20-3)11-16-14(19)17-12-8-9-18(10-12)13-6-4-5-7-13/h12-13H,4-11H2,1-3H3,(H2,16,17,19)/t12-/m0/s1. The molecule has 2 rings (SSSR count). The van der Waals surface area contributed by atoms with Crippen molar-refractivity contribution in [3.63, 3.8) is 0 Å². The van der Waals surface area contributed by atoms with Gasteiger partial charge in [0.1, 0.15) is 0 Å². The highest BCUT2D eigenvalue weighted by Crippen LogP contribution is 2.26. The number of urea groups is 1. The molecule has 0 aromatic heterocycles. The molecule has 0 unspecified atom stereocenters. The summed E-state index contributed by atoms with van der Waals surface area (Å²) in [5, 5.41) is 6.12. The number of amides is 2. The van der Waals surface area contributed by atoms with E-state index in [1.165, 1.54) is 25.7 Å². The highest BCUT2D eigenvalue weighted by atomic mass is 32.2. The third-order valence-corrected chi connectivity index (χ3v) is 5.87. The second-order valence-electron chi connectivity index (χ2n) is 6.71. The molecule has 0 bridgehead atoms. The number of carbonyl (C=O) groups excluding carboxylic acids is 1. The Morgan fingerprint density at radius 1 is 1.30 bits per heavy atom. The van der Waals surface area contributed by atoms with Crippen molar-refractivity contribution < 1.29 is 4.79 Å². The van der Waals surface area contributed by atoms with Gasteiger partial charge in [-0.25, -0.2) is 4.79 Å². The van der Waals surface area contributed by atoms with Crippen molar-refractivity contribution >= 4 is 17.8 Å². The maximum absolute atomic E-state index is 11.9. The lowest BCUT2D eigenvalue weighted by atomic mass is 10.2. The summed E-state index contributed by atoms with van der Waals surface area (Å²) in [5.74, 6) is 0. The van der Waals surface area contributed by atoms with E-state index < -0.39 is 0 Å². The lowest BCUT2D eigenvalue weighted by Crippen LogP contribution is -2.47. The summed E-state index contributed by atoms with van der Waals surface area (Å²) >= 11 is 1.78. The van der Waals surface area contributed by atoms with Gasteiger partial charge in [-0.1, -0.05) is 12.8 Å². The van der Waals surface area contributed by atoms with Crippen LogP contribution >= 0.6 is 11.8 Å². The fraction of sp³-hybridized carbons (Fsp3) is 0.933. The van der Waals surface area contributed by atoms with Gasteiger partial charge in [0.25, 0.3) is 0 Å². The first-order chi connectivity index (χ1) is 9.50. The van der Waals surface area contributed by atoms with Gasteiger partial charge >= 0.3 is 6.03 Å². The van der Waals surface area contributed by atoms with Gasteiger partial charge in [-0.05, 0) is 39.4 Å². The molecule has 0 spiro atoms. The van der Waals surface area contributed by atoms with Crippen molar-refractivity contribution in [3.8, 4) is 0 Å². The monoisotopic (exact) mass is 299 g/mol. The van der Waals surface area contributed by atoms with Gasteiger partial charge in [0.2, 0.25) is 0 Å². The third-order valence-electron chi connectivity index (χ3n) is 4.62. The summed E-state index contributed by atoms with van der Waals surface area (Å²) in [6.45, 7) is 7.18. The van der Waals surface area contributed by atoms with Crippen molar-refractivity contribution in [3.05, 3.63) is 0 Å². The Labute approximate surface area is 127 Å². The molecule has 2 fully saturated rings. The highest BCUT2D eigenvalue weighted by molar-refractivity contribution is 7.99. The van der Waals surface area contributed by atoms with E-state index >= 15 is 0 Å². The Balaban J connectivity index is 1.68. The quantitative estimate of drug-likeness (QED) is 0.819. The first-order valence-electron chi connectivity index (χ1n) is 7.84. The van der Waals surface area contributed by atoms with Gasteiger partial charge in [-0.3, -0.25) is 4.90 Å². The topological polar surface area (TPSA) is 44.4 Å². The van der Waals surface area contributed by atoms with E-state index in [9.17, 15) is 4.79 Å². The van der Waals surface area contributed by atoms with Crippen molar-refractivity contribution in [2.24, 2.45) is 0 Å². The van der Waals surface area contributed by atoms with Crippen LogP contribution < -0.4 is 10.6 Å². The molecule has 0 radical (unpaired) electrons. The molecule has 1 aliphatic carbocycles. The first-order valence-corrected chi connectivity index (χ1v) is 9.06. The summed E-state index contributed by atoms with van der Waals surface area (Å²) in [7, 11) is 0. The Morgan fingerprint density at radius 2 is 2.00 bits per heavy atom. The van der Waals surface area contributed by atoms with Crippen LogP contribution in [0.5, 0.6) is 0 Å². The lowest BCUT2D eigenvalue weighted by molar-refractivity contribution is 0.227. The number of carbonyl (C=O) groups is 1. The Bertz CT molecular complexity index is 329. The highest BCUT2D eigenvalue weighted by Gasteiger charge is 2.30. The van der Waals surface area contributed by atoms with E-state index in [-0.39, 0.29) is 10.8 Å². The molecule has 1 atom stereocenters. The summed E-state index contributed by atoms with van der Waals surface area (Å²) < 4.78 is 0.100. The molecule has 1 saturated carbocycles. The van der Waals surface area contributed by atoms with Gasteiger partial charge in [-0.15, -0.1) is 0 Å². The molecule has 116 valence electrons.